The number of amides is 3. The lowest BCUT2D eigenvalue weighted by atomic mass is 10.1. The van der Waals surface area contributed by atoms with Gasteiger partial charge < -0.3 is 15.5 Å². The third-order valence-electron chi connectivity index (χ3n) is 4.25. The van der Waals surface area contributed by atoms with Gasteiger partial charge in [-0.2, -0.15) is 5.10 Å². The van der Waals surface area contributed by atoms with Gasteiger partial charge in [0.1, 0.15) is 0 Å². The molecule has 2 heterocycles. The number of nitrogens with zero attached hydrogens (tertiary/aromatic N) is 3. The minimum atomic E-state index is -0.240. The van der Waals surface area contributed by atoms with E-state index in [1.165, 1.54) is 0 Å². The molecular weight excluding hydrogens is 318 g/mol. The molecule has 0 aliphatic carbocycles. The minimum absolute atomic E-state index is 0.0459. The Morgan fingerprint density at radius 1 is 1.28 bits per heavy atom. The maximum Gasteiger partial charge on any atom is 0.317 e. The van der Waals surface area contributed by atoms with E-state index in [1.54, 1.807) is 17.0 Å². The van der Waals surface area contributed by atoms with Gasteiger partial charge in [0.25, 0.3) is 0 Å². The Hall–Kier alpha value is -2.83. The molecule has 132 valence electrons. The molecule has 1 saturated heterocycles. The number of nitrogens with one attached hydrogen (secondary N) is 2. The van der Waals surface area contributed by atoms with Crippen molar-refractivity contribution in [3.8, 4) is 0 Å². The zero-order valence-electron chi connectivity index (χ0n) is 14.3. The number of hydrogen-bond acceptors (Lipinski definition) is 3. The van der Waals surface area contributed by atoms with Crippen LogP contribution in [0.3, 0.4) is 0 Å². The average molecular weight is 341 g/mol. The first-order chi connectivity index (χ1) is 12.1. The Balaban J connectivity index is 1.48. The average Bonchev–Trinajstić information content (AvgIpc) is 3.07. The van der Waals surface area contributed by atoms with Crippen LogP contribution in [0.15, 0.2) is 42.7 Å². The molecule has 7 nitrogen and oxygen atoms in total. The first-order valence-electron chi connectivity index (χ1n) is 8.50. The topological polar surface area (TPSA) is 79.3 Å². The van der Waals surface area contributed by atoms with Crippen LogP contribution in [0.5, 0.6) is 0 Å². The van der Waals surface area contributed by atoms with Crippen molar-refractivity contribution in [1.82, 2.24) is 20.0 Å². The summed E-state index contributed by atoms with van der Waals surface area (Å²) in [6.07, 6.45) is 5.75. The van der Waals surface area contributed by atoms with Crippen molar-refractivity contribution in [2.24, 2.45) is 0 Å². The lowest BCUT2D eigenvalue weighted by Gasteiger charge is -2.32. The molecule has 1 atom stereocenters. The molecule has 0 bridgehead atoms. The number of anilines is 1. The number of carbonyl (C=O) groups is 2. The van der Waals surface area contributed by atoms with Gasteiger partial charge in [-0.05, 0) is 37.5 Å². The maximum absolute atomic E-state index is 12.3. The van der Waals surface area contributed by atoms with E-state index in [9.17, 15) is 9.59 Å². The zero-order valence-corrected chi connectivity index (χ0v) is 14.3. The largest absolute Gasteiger partial charge is 0.329 e. The van der Waals surface area contributed by atoms with Crippen molar-refractivity contribution in [1.29, 1.82) is 0 Å². The highest BCUT2D eigenvalue weighted by Crippen LogP contribution is 2.21. The van der Waals surface area contributed by atoms with Crippen LogP contribution in [0.4, 0.5) is 10.5 Å². The molecule has 2 N–H and O–H groups in total. The summed E-state index contributed by atoms with van der Waals surface area (Å²) < 4.78 is 1.93. The first-order valence-corrected chi connectivity index (χ1v) is 8.50. The molecule has 1 aromatic heterocycles. The third-order valence-corrected chi connectivity index (χ3v) is 4.25. The van der Waals surface area contributed by atoms with E-state index in [4.69, 9.17) is 0 Å². The van der Waals surface area contributed by atoms with Crippen LogP contribution in [-0.2, 0) is 4.79 Å². The maximum atomic E-state index is 12.3. The van der Waals surface area contributed by atoms with Crippen LogP contribution in [0, 0.1) is 6.92 Å². The summed E-state index contributed by atoms with van der Waals surface area (Å²) in [5.41, 5.74) is 1.83. The van der Waals surface area contributed by atoms with Crippen molar-refractivity contribution < 1.29 is 9.59 Å². The molecule has 1 fully saturated rings. The normalized spacial score (nSPS) is 17.2. The lowest BCUT2D eigenvalue weighted by molar-refractivity contribution is -0.115. The van der Waals surface area contributed by atoms with Gasteiger partial charge in [-0.25, -0.2) is 4.79 Å². The Labute approximate surface area is 147 Å². The highest BCUT2D eigenvalue weighted by molar-refractivity contribution is 5.94. The molecule has 0 radical (unpaired) electrons. The van der Waals surface area contributed by atoms with Crippen molar-refractivity contribution in [2.75, 3.05) is 25.0 Å². The summed E-state index contributed by atoms with van der Waals surface area (Å²) in [5.74, 6) is -0.240. The Kier molecular flexibility index (Phi) is 5.33. The van der Waals surface area contributed by atoms with E-state index in [0.717, 1.165) is 18.4 Å². The molecule has 7 heteroatoms. The Morgan fingerprint density at radius 3 is 2.80 bits per heavy atom. The molecule has 1 unspecified atom stereocenters. The van der Waals surface area contributed by atoms with Gasteiger partial charge in [0, 0.05) is 25.0 Å². The molecule has 0 spiro atoms. The van der Waals surface area contributed by atoms with E-state index >= 15 is 0 Å². The van der Waals surface area contributed by atoms with Gasteiger partial charge in [0.15, 0.2) is 0 Å². The number of hydrogen-bond donors (Lipinski definition) is 2. The zero-order chi connectivity index (χ0) is 17.6. The van der Waals surface area contributed by atoms with Crippen LogP contribution in [0.1, 0.15) is 24.4 Å². The summed E-state index contributed by atoms with van der Waals surface area (Å²) in [5, 5.41) is 9.79. The van der Waals surface area contributed by atoms with Gasteiger partial charge >= 0.3 is 6.03 Å². The van der Waals surface area contributed by atoms with Gasteiger partial charge in [-0.3, -0.25) is 9.48 Å². The van der Waals surface area contributed by atoms with Crippen LogP contribution < -0.4 is 10.6 Å². The van der Waals surface area contributed by atoms with Gasteiger partial charge in [-0.15, -0.1) is 0 Å². The van der Waals surface area contributed by atoms with E-state index in [2.05, 4.69) is 15.7 Å². The number of para-hydroxylation sites is 1. The van der Waals surface area contributed by atoms with Crippen molar-refractivity contribution in [3.63, 3.8) is 0 Å². The lowest BCUT2D eigenvalue weighted by Crippen LogP contribution is -2.47. The predicted octanol–water partition coefficient (Wildman–Crippen LogP) is 2.18. The molecule has 2 aromatic rings. The number of rotatable bonds is 4. The number of aryl methyl sites for hydroxylation is 1. The second-order valence-corrected chi connectivity index (χ2v) is 6.31. The number of piperidine rings is 1. The third kappa shape index (κ3) is 4.59. The van der Waals surface area contributed by atoms with E-state index in [-0.39, 0.29) is 24.5 Å². The Bertz CT molecular complexity index is 728. The van der Waals surface area contributed by atoms with Crippen LogP contribution >= 0.6 is 0 Å². The summed E-state index contributed by atoms with van der Waals surface area (Å²) >= 11 is 0. The molecule has 25 heavy (non-hydrogen) atoms. The second-order valence-electron chi connectivity index (χ2n) is 6.31. The number of urea groups is 1. The molecule has 3 amide bonds. The van der Waals surface area contributed by atoms with Crippen LogP contribution in [-0.4, -0.2) is 46.3 Å². The van der Waals surface area contributed by atoms with Crippen molar-refractivity contribution in [3.05, 3.63) is 48.3 Å². The fourth-order valence-corrected chi connectivity index (χ4v) is 2.98. The van der Waals surface area contributed by atoms with E-state index in [1.807, 2.05) is 42.2 Å². The summed E-state index contributed by atoms with van der Waals surface area (Å²) in [7, 11) is 0. The summed E-state index contributed by atoms with van der Waals surface area (Å²) in [6, 6.07) is 9.16. The fourth-order valence-electron chi connectivity index (χ4n) is 2.98. The van der Waals surface area contributed by atoms with Crippen LogP contribution in [0.2, 0.25) is 0 Å². The SMILES string of the molecule is Cc1cnn(C2CCCN(C(=O)NCC(=O)Nc3ccccc3)C2)c1. The van der Waals surface area contributed by atoms with E-state index < -0.39 is 0 Å². The first kappa shape index (κ1) is 17.0. The molecule has 3 rings (SSSR count). The van der Waals surface area contributed by atoms with Gasteiger partial charge in [0.05, 0.1) is 18.8 Å². The second kappa shape index (κ2) is 7.83. The smallest absolute Gasteiger partial charge is 0.317 e. The quantitative estimate of drug-likeness (QED) is 0.894. The number of carbonyl (C=O) groups excluding carboxylic acids is 2. The number of likely N-dealkylation sites (tertiary alicyclic amines) is 1. The number of benzene rings is 1. The summed E-state index contributed by atoms with van der Waals surface area (Å²) in [6.45, 7) is 3.26. The highest BCUT2D eigenvalue weighted by atomic mass is 16.2. The molecular formula is C18H23N5O2. The minimum Gasteiger partial charge on any atom is -0.329 e. The van der Waals surface area contributed by atoms with Gasteiger partial charge in [0.2, 0.25) is 5.91 Å². The van der Waals surface area contributed by atoms with Crippen molar-refractivity contribution >= 4 is 17.6 Å². The summed E-state index contributed by atoms with van der Waals surface area (Å²) in [4.78, 5) is 26.0. The van der Waals surface area contributed by atoms with Crippen molar-refractivity contribution in [2.45, 2.75) is 25.8 Å². The molecule has 1 aromatic carbocycles. The van der Waals surface area contributed by atoms with Crippen LogP contribution in [0.25, 0.3) is 0 Å². The molecule has 1 aliphatic rings. The fraction of sp³-hybridized carbons (Fsp3) is 0.389. The number of aromatic nitrogens is 2. The standard InChI is InChI=1S/C18H23N5O2/c1-14-10-20-23(12-14)16-8-5-9-22(13-16)18(25)19-11-17(24)21-15-6-3-2-4-7-15/h2-4,6-7,10,12,16H,5,8-9,11,13H2,1H3,(H,19,25)(H,21,24). The Morgan fingerprint density at radius 2 is 2.08 bits per heavy atom. The van der Waals surface area contributed by atoms with E-state index in [0.29, 0.717) is 18.8 Å². The van der Waals surface area contributed by atoms with Gasteiger partial charge in [-0.1, -0.05) is 18.2 Å². The predicted molar refractivity (Wildman–Crippen MR) is 95.3 cm³/mol. The molecule has 1 aliphatic heterocycles. The highest BCUT2D eigenvalue weighted by Gasteiger charge is 2.25. The molecule has 0 saturated carbocycles. The monoisotopic (exact) mass is 341 g/mol.